The van der Waals surface area contributed by atoms with Crippen LogP contribution in [0.25, 0.3) is 0 Å². The van der Waals surface area contributed by atoms with Crippen LogP contribution in [-0.2, 0) is 11.2 Å². The van der Waals surface area contributed by atoms with Crippen LogP contribution in [0.4, 0.5) is 11.5 Å². The van der Waals surface area contributed by atoms with Crippen molar-refractivity contribution in [2.24, 2.45) is 0 Å². The molecule has 28 heavy (non-hydrogen) atoms. The number of unbranched alkanes of at least 4 members (excludes halogenated alkanes) is 1. The number of benzene rings is 1. The van der Waals surface area contributed by atoms with Crippen molar-refractivity contribution in [3.63, 3.8) is 0 Å². The molecule has 1 aliphatic heterocycles. The molecule has 3 rings (SSSR count). The first-order chi connectivity index (χ1) is 13.7. The summed E-state index contributed by atoms with van der Waals surface area (Å²) in [6.45, 7) is 5.13. The lowest BCUT2D eigenvalue weighted by Crippen LogP contribution is -2.50. The molecular weight excluding hydrogens is 350 g/mol. The maximum Gasteiger partial charge on any atom is 0.241 e. The van der Waals surface area contributed by atoms with Gasteiger partial charge in [-0.25, -0.2) is 4.98 Å². The molecule has 0 saturated carbocycles. The molecule has 0 bridgehead atoms. The molecule has 1 fully saturated rings. The van der Waals surface area contributed by atoms with Gasteiger partial charge in [-0.2, -0.15) is 5.26 Å². The fraction of sp³-hybridized carbons (Fsp3) is 0.409. The van der Waals surface area contributed by atoms with Gasteiger partial charge in [0.2, 0.25) is 5.91 Å². The molecule has 2 heterocycles. The van der Waals surface area contributed by atoms with Crippen molar-refractivity contribution in [2.45, 2.75) is 26.2 Å². The van der Waals surface area contributed by atoms with Crippen molar-refractivity contribution in [1.29, 1.82) is 5.26 Å². The van der Waals surface area contributed by atoms with Crippen molar-refractivity contribution in [1.82, 2.24) is 9.88 Å². The maximum absolute atomic E-state index is 12.5. The van der Waals surface area contributed by atoms with Gasteiger partial charge in [-0.05, 0) is 42.7 Å². The van der Waals surface area contributed by atoms with E-state index in [4.69, 9.17) is 0 Å². The van der Waals surface area contributed by atoms with E-state index in [0.29, 0.717) is 44.1 Å². The van der Waals surface area contributed by atoms with Gasteiger partial charge >= 0.3 is 0 Å². The van der Waals surface area contributed by atoms with Gasteiger partial charge in [0.05, 0.1) is 12.1 Å². The van der Waals surface area contributed by atoms with Crippen molar-refractivity contribution in [3.05, 3.63) is 53.7 Å². The van der Waals surface area contributed by atoms with Crippen molar-refractivity contribution in [2.75, 3.05) is 42.9 Å². The number of nitriles is 1. The minimum atomic E-state index is 0.0937. The number of aryl methyl sites for hydroxylation is 1. The van der Waals surface area contributed by atoms with E-state index >= 15 is 0 Å². The van der Waals surface area contributed by atoms with Crippen molar-refractivity contribution in [3.8, 4) is 6.07 Å². The molecule has 0 unspecified atom stereocenters. The van der Waals surface area contributed by atoms with Gasteiger partial charge in [0.1, 0.15) is 11.9 Å². The SMILES string of the molecule is CCCCc1ccc(NCC(=O)N2CCN(c3ncccc3C#N)CC2)cc1. The Morgan fingerprint density at radius 3 is 2.61 bits per heavy atom. The molecule has 6 heteroatoms. The maximum atomic E-state index is 12.5. The lowest BCUT2D eigenvalue weighted by molar-refractivity contribution is -0.129. The Balaban J connectivity index is 1.47. The first-order valence-corrected chi connectivity index (χ1v) is 9.92. The lowest BCUT2D eigenvalue weighted by Gasteiger charge is -2.35. The average molecular weight is 377 g/mol. The monoisotopic (exact) mass is 377 g/mol. The van der Waals surface area contributed by atoms with Gasteiger partial charge in [-0.15, -0.1) is 0 Å². The van der Waals surface area contributed by atoms with E-state index in [1.165, 1.54) is 18.4 Å². The summed E-state index contributed by atoms with van der Waals surface area (Å²) in [6.07, 6.45) is 5.19. The predicted octanol–water partition coefficient (Wildman–Crippen LogP) is 3.06. The highest BCUT2D eigenvalue weighted by molar-refractivity contribution is 5.81. The van der Waals surface area contributed by atoms with Gasteiger partial charge in [-0.3, -0.25) is 4.79 Å². The van der Waals surface area contributed by atoms with Crippen LogP contribution < -0.4 is 10.2 Å². The molecule has 1 amide bonds. The molecule has 0 radical (unpaired) electrons. The number of aromatic nitrogens is 1. The average Bonchev–Trinajstić information content (AvgIpc) is 2.76. The highest BCUT2D eigenvalue weighted by Crippen LogP contribution is 2.18. The Bertz CT molecular complexity index is 820. The Morgan fingerprint density at radius 2 is 1.93 bits per heavy atom. The van der Waals surface area contributed by atoms with Crippen LogP contribution in [0.1, 0.15) is 30.9 Å². The van der Waals surface area contributed by atoms with Gasteiger partial charge < -0.3 is 15.1 Å². The third-order valence-electron chi connectivity index (χ3n) is 5.06. The van der Waals surface area contributed by atoms with Crippen LogP contribution in [0.5, 0.6) is 0 Å². The Morgan fingerprint density at radius 1 is 1.18 bits per heavy atom. The molecule has 1 N–H and O–H groups in total. The fourth-order valence-electron chi connectivity index (χ4n) is 3.36. The lowest BCUT2D eigenvalue weighted by atomic mass is 10.1. The predicted molar refractivity (Wildman–Crippen MR) is 111 cm³/mol. The molecule has 0 atom stereocenters. The highest BCUT2D eigenvalue weighted by Gasteiger charge is 2.23. The van der Waals surface area contributed by atoms with Crippen LogP contribution in [0.3, 0.4) is 0 Å². The Kier molecular flexibility index (Phi) is 6.85. The number of anilines is 2. The van der Waals surface area contributed by atoms with E-state index in [0.717, 1.165) is 12.1 Å². The fourth-order valence-corrected chi connectivity index (χ4v) is 3.36. The number of hydrogen-bond donors (Lipinski definition) is 1. The second-order valence-electron chi connectivity index (χ2n) is 7.01. The summed E-state index contributed by atoms with van der Waals surface area (Å²) in [5.74, 6) is 0.801. The van der Waals surface area contributed by atoms with Crippen LogP contribution in [0, 0.1) is 11.3 Å². The summed E-state index contributed by atoms with van der Waals surface area (Å²) in [7, 11) is 0. The van der Waals surface area contributed by atoms with Gasteiger partial charge in [-0.1, -0.05) is 25.5 Å². The zero-order chi connectivity index (χ0) is 19.8. The van der Waals surface area contributed by atoms with E-state index in [9.17, 15) is 10.1 Å². The van der Waals surface area contributed by atoms with E-state index in [2.05, 4.69) is 40.3 Å². The van der Waals surface area contributed by atoms with E-state index in [1.807, 2.05) is 17.0 Å². The van der Waals surface area contributed by atoms with Gasteiger partial charge in [0, 0.05) is 38.1 Å². The molecule has 0 aliphatic carbocycles. The molecule has 146 valence electrons. The second-order valence-corrected chi connectivity index (χ2v) is 7.01. The number of hydrogen-bond acceptors (Lipinski definition) is 5. The van der Waals surface area contributed by atoms with Crippen LogP contribution in [0.15, 0.2) is 42.6 Å². The number of pyridine rings is 1. The summed E-state index contributed by atoms with van der Waals surface area (Å²) in [5.41, 5.74) is 2.88. The number of nitrogens with zero attached hydrogens (tertiary/aromatic N) is 4. The Labute approximate surface area is 166 Å². The molecule has 2 aromatic rings. The van der Waals surface area contributed by atoms with Crippen LogP contribution >= 0.6 is 0 Å². The van der Waals surface area contributed by atoms with Crippen molar-refractivity contribution < 1.29 is 4.79 Å². The summed E-state index contributed by atoms with van der Waals surface area (Å²) in [5, 5.41) is 12.5. The van der Waals surface area contributed by atoms with Crippen molar-refractivity contribution >= 4 is 17.4 Å². The number of piperazine rings is 1. The smallest absolute Gasteiger partial charge is 0.241 e. The molecule has 1 aromatic heterocycles. The quantitative estimate of drug-likeness (QED) is 0.803. The third kappa shape index (κ3) is 5.01. The highest BCUT2D eigenvalue weighted by atomic mass is 16.2. The minimum Gasteiger partial charge on any atom is -0.376 e. The number of amides is 1. The summed E-state index contributed by atoms with van der Waals surface area (Å²) >= 11 is 0. The first kappa shape index (κ1) is 19.7. The van der Waals surface area contributed by atoms with Gasteiger partial charge in [0.15, 0.2) is 0 Å². The number of rotatable bonds is 7. The van der Waals surface area contributed by atoms with E-state index in [-0.39, 0.29) is 5.91 Å². The summed E-state index contributed by atoms with van der Waals surface area (Å²) in [4.78, 5) is 20.8. The number of carbonyl (C=O) groups is 1. The third-order valence-corrected chi connectivity index (χ3v) is 5.06. The molecular formula is C22H27N5O. The summed E-state index contributed by atoms with van der Waals surface area (Å²) < 4.78 is 0. The molecule has 1 aliphatic rings. The molecule has 0 spiro atoms. The van der Waals surface area contributed by atoms with Gasteiger partial charge in [0.25, 0.3) is 0 Å². The largest absolute Gasteiger partial charge is 0.376 e. The minimum absolute atomic E-state index is 0.0937. The first-order valence-electron chi connectivity index (χ1n) is 9.92. The van der Waals surface area contributed by atoms with Crippen LogP contribution in [-0.4, -0.2) is 48.5 Å². The number of nitrogens with one attached hydrogen (secondary N) is 1. The standard InChI is InChI=1S/C22H27N5O/c1-2-3-5-18-7-9-20(10-8-18)25-17-21(28)26-12-14-27(15-13-26)22-19(16-23)6-4-11-24-22/h4,6-11,25H,2-3,5,12-15,17H2,1H3. The molecule has 1 saturated heterocycles. The van der Waals surface area contributed by atoms with E-state index < -0.39 is 0 Å². The zero-order valence-electron chi connectivity index (χ0n) is 16.4. The topological polar surface area (TPSA) is 72.3 Å². The van der Waals surface area contributed by atoms with Crippen LogP contribution in [0.2, 0.25) is 0 Å². The Hall–Kier alpha value is -3.07. The number of carbonyl (C=O) groups excluding carboxylic acids is 1. The van der Waals surface area contributed by atoms with E-state index in [1.54, 1.807) is 18.3 Å². The summed E-state index contributed by atoms with van der Waals surface area (Å²) in [6, 6.07) is 14.1. The normalized spacial score (nSPS) is 13.9. The molecule has 6 nitrogen and oxygen atoms in total. The molecule has 1 aromatic carbocycles. The second kappa shape index (κ2) is 9.75. The zero-order valence-corrected chi connectivity index (χ0v) is 16.4.